The number of carboxylic acids is 1. The topological polar surface area (TPSA) is 87.8 Å². The second-order valence-corrected chi connectivity index (χ2v) is 13.5. The highest BCUT2D eigenvalue weighted by molar-refractivity contribution is 7.20. The molecule has 1 unspecified atom stereocenters. The Morgan fingerprint density at radius 1 is 0.915 bits per heavy atom. The van der Waals surface area contributed by atoms with Crippen LogP contribution in [-0.2, 0) is 6.61 Å². The first-order chi connectivity index (χ1) is 22.9. The fraction of sp³-hybridized carbons (Fsp3) is 0.368. The third-order valence-corrected chi connectivity index (χ3v) is 10.4. The molecule has 2 aromatic heterocycles. The lowest BCUT2D eigenvalue weighted by molar-refractivity contribution is 0.0702. The normalized spacial score (nSPS) is 16.9. The molecule has 5 aromatic rings. The minimum Gasteiger partial charge on any atom is -0.489 e. The van der Waals surface area contributed by atoms with Crippen LogP contribution in [0.4, 0.5) is 5.69 Å². The van der Waals surface area contributed by atoms with Crippen LogP contribution in [0.3, 0.4) is 0 Å². The highest BCUT2D eigenvalue weighted by Crippen LogP contribution is 2.39. The average Bonchev–Trinajstić information content (AvgIpc) is 3.74. The van der Waals surface area contributed by atoms with Gasteiger partial charge in [0.25, 0.3) is 0 Å². The molecule has 3 heterocycles. The highest BCUT2D eigenvalue weighted by atomic mass is 35.5. The zero-order chi connectivity index (χ0) is 32.9. The second-order valence-electron chi connectivity index (χ2n) is 12.0. The molecule has 2 fully saturated rings. The minimum atomic E-state index is -0.908. The van der Waals surface area contributed by atoms with Gasteiger partial charge >= 0.3 is 5.97 Å². The monoisotopic (exact) mass is 671 g/mol. The van der Waals surface area contributed by atoms with Crippen molar-refractivity contribution in [1.29, 1.82) is 0 Å². The number of aromatic carboxylic acids is 1. The van der Waals surface area contributed by atoms with Crippen molar-refractivity contribution < 1.29 is 19.7 Å². The van der Waals surface area contributed by atoms with Crippen molar-refractivity contribution in [2.45, 2.75) is 84.1 Å². The van der Waals surface area contributed by atoms with E-state index in [1.54, 1.807) is 6.07 Å². The molecule has 7 nitrogen and oxygen atoms in total. The van der Waals surface area contributed by atoms with E-state index in [1.165, 1.54) is 37.0 Å². The van der Waals surface area contributed by atoms with E-state index in [4.69, 9.17) is 21.3 Å². The standard InChI is InChI=1S/C36H36ClN3O4S.C2H6/c37-26-13-9-23(10-14-26)30-18-15-28(39-19-5-8-33(39)41)20-25(30)22-44-29-16-11-24(12-17-29)34-38-31-21-32(36(42)43)45-35(31)40(34)27-6-3-1-2-4-7-27;1-2/h9-18,20-21,27,33,41H,1-8,19,22H2,(H,42,43);1-2H3. The number of hydrogen-bond donors (Lipinski definition) is 2. The number of aromatic nitrogens is 2. The van der Waals surface area contributed by atoms with Gasteiger partial charge in [-0.05, 0) is 97.0 Å². The Hall–Kier alpha value is -3.85. The predicted molar refractivity (Wildman–Crippen MR) is 192 cm³/mol. The molecule has 0 spiro atoms. The van der Waals surface area contributed by atoms with Gasteiger partial charge in [-0.25, -0.2) is 9.78 Å². The lowest BCUT2D eigenvalue weighted by Gasteiger charge is -2.24. The van der Waals surface area contributed by atoms with Crippen molar-refractivity contribution in [3.05, 3.63) is 88.3 Å². The number of fused-ring (bicyclic) bond motifs is 1. The number of carboxylic acid groups (broad SMARTS) is 1. The Morgan fingerprint density at radius 2 is 1.62 bits per heavy atom. The SMILES string of the molecule is CC.O=C(O)c1cc2nc(-c3ccc(OCc4cc(N5CCCC5O)ccc4-c4ccc(Cl)cc4)cc3)n(C3CCCCCC3)c2s1. The first kappa shape index (κ1) is 33.1. The van der Waals surface area contributed by atoms with E-state index in [0.717, 1.165) is 82.1 Å². The predicted octanol–water partition coefficient (Wildman–Crippen LogP) is 10.2. The maximum atomic E-state index is 11.7. The number of rotatable bonds is 8. The molecule has 7 rings (SSSR count). The highest BCUT2D eigenvalue weighted by Gasteiger charge is 2.25. The molecular formula is C38H42ClN3O4S. The number of aliphatic hydroxyl groups excluding tert-OH is 1. The maximum Gasteiger partial charge on any atom is 0.346 e. The molecule has 1 atom stereocenters. The number of halogens is 1. The van der Waals surface area contributed by atoms with Crippen LogP contribution in [0.1, 0.15) is 86.5 Å². The number of carbonyl (C=O) groups is 1. The number of nitrogens with zero attached hydrogens (tertiary/aromatic N) is 3. The summed E-state index contributed by atoms with van der Waals surface area (Å²) >= 11 is 7.49. The molecule has 2 aliphatic rings. The number of anilines is 1. The van der Waals surface area contributed by atoms with Crippen LogP contribution in [0.15, 0.2) is 72.8 Å². The maximum absolute atomic E-state index is 11.7. The van der Waals surface area contributed by atoms with Gasteiger partial charge in [0.2, 0.25) is 0 Å². The molecule has 1 saturated heterocycles. The summed E-state index contributed by atoms with van der Waals surface area (Å²) in [6.45, 7) is 5.19. The summed E-state index contributed by atoms with van der Waals surface area (Å²) in [7, 11) is 0. The fourth-order valence-electron chi connectivity index (χ4n) is 6.75. The molecule has 1 aliphatic heterocycles. The molecule has 0 amide bonds. The van der Waals surface area contributed by atoms with Crippen molar-refractivity contribution in [3.8, 4) is 28.3 Å². The summed E-state index contributed by atoms with van der Waals surface area (Å²) in [6.07, 6.45) is 8.23. The summed E-state index contributed by atoms with van der Waals surface area (Å²) < 4.78 is 8.66. The largest absolute Gasteiger partial charge is 0.489 e. The summed E-state index contributed by atoms with van der Waals surface area (Å²) in [4.78, 5) is 20.0. The van der Waals surface area contributed by atoms with Gasteiger partial charge in [-0.2, -0.15) is 0 Å². The number of aliphatic hydroxyl groups is 1. The Labute approximate surface area is 285 Å². The van der Waals surface area contributed by atoms with Crippen molar-refractivity contribution in [3.63, 3.8) is 0 Å². The molecule has 3 aromatic carbocycles. The quantitative estimate of drug-likeness (QED) is 0.160. The average molecular weight is 672 g/mol. The van der Waals surface area contributed by atoms with Gasteiger partial charge in [-0.1, -0.05) is 69.3 Å². The molecule has 0 radical (unpaired) electrons. The molecule has 9 heteroatoms. The van der Waals surface area contributed by atoms with Crippen molar-refractivity contribution in [2.24, 2.45) is 0 Å². The van der Waals surface area contributed by atoms with Crippen LogP contribution in [0.25, 0.3) is 32.9 Å². The Bertz CT molecular complexity index is 1810. The van der Waals surface area contributed by atoms with E-state index in [0.29, 0.717) is 22.5 Å². The second kappa shape index (κ2) is 14.9. The fourth-order valence-corrected chi connectivity index (χ4v) is 7.89. The Balaban J connectivity index is 0.00000190. The van der Waals surface area contributed by atoms with Gasteiger partial charge in [0.1, 0.15) is 39.6 Å². The molecule has 0 bridgehead atoms. The van der Waals surface area contributed by atoms with Crippen LogP contribution in [-0.4, -0.2) is 38.5 Å². The smallest absolute Gasteiger partial charge is 0.346 e. The molecule has 1 saturated carbocycles. The van der Waals surface area contributed by atoms with E-state index in [-0.39, 0.29) is 0 Å². The summed E-state index contributed by atoms with van der Waals surface area (Å²) in [5, 5.41) is 20.8. The van der Waals surface area contributed by atoms with Crippen molar-refractivity contribution in [1.82, 2.24) is 9.55 Å². The molecule has 246 valence electrons. The van der Waals surface area contributed by atoms with E-state index >= 15 is 0 Å². The van der Waals surface area contributed by atoms with Crippen LogP contribution >= 0.6 is 22.9 Å². The molecule has 1 aliphatic carbocycles. The van der Waals surface area contributed by atoms with E-state index in [9.17, 15) is 15.0 Å². The van der Waals surface area contributed by atoms with Gasteiger partial charge in [-0.3, -0.25) is 0 Å². The lowest BCUT2D eigenvalue weighted by atomic mass is 9.99. The zero-order valence-corrected chi connectivity index (χ0v) is 28.6. The summed E-state index contributed by atoms with van der Waals surface area (Å²) in [5.41, 5.74) is 5.86. The van der Waals surface area contributed by atoms with Crippen molar-refractivity contribution in [2.75, 3.05) is 11.4 Å². The van der Waals surface area contributed by atoms with Crippen molar-refractivity contribution >= 4 is 44.9 Å². The van der Waals surface area contributed by atoms with Crippen LogP contribution in [0.2, 0.25) is 5.02 Å². The number of benzene rings is 3. The number of imidazole rings is 1. The van der Waals surface area contributed by atoms with E-state index in [2.05, 4.69) is 22.8 Å². The van der Waals surface area contributed by atoms with Gasteiger partial charge in [0.05, 0.1) is 0 Å². The van der Waals surface area contributed by atoms with Gasteiger partial charge in [-0.15, -0.1) is 11.3 Å². The van der Waals surface area contributed by atoms with Crippen LogP contribution in [0, 0.1) is 0 Å². The number of ether oxygens (including phenoxy) is 1. The molecule has 47 heavy (non-hydrogen) atoms. The first-order valence-electron chi connectivity index (χ1n) is 16.8. The number of thiophene rings is 1. The number of hydrogen-bond acceptors (Lipinski definition) is 6. The van der Waals surface area contributed by atoms with Gasteiger partial charge in [0, 0.05) is 28.9 Å². The van der Waals surface area contributed by atoms with Gasteiger partial charge < -0.3 is 24.4 Å². The van der Waals surface area contributed by atoms with Crippen LogP contribution in [0.5, 0.6) is 5.75 Å². The first-order valence-corrected chi connectivity index (χ1v) is 18.0. The van der Waals surface area contributed by atoms with Gasteiger partial charge in [0.15, 0.2) is 0 Å². The third-order valence-electron chi connectivity index (χ3n) is 9.07. The summed E-state index contributed by atoms with van der Waals surface area (Å²) in [6, 6.07) is 24.2. The van der Waals surface area contributed by atoms with Crippen LogP contribution < -0.4 is 9.64 Å². The molecular weight excluding hydrogens is 630 g/mol. The van der Waals surface area contributed by atoms with E-state index < -0.39 is 12.2 Å². The summed E-state index contributed by atoms with van der Waals surface area (Å²) in [5.74, 6) is 0.721. The van der Waals surface area contributed by atoms with E-state index in [1.807, 2.05) is 67.3 Å². The lowest BCUT2D eigenvalue weighted by Crippen LogP contribution is -2.28. The Kier molecular flexibility index (Phi) is 10.5. The minimum absolute atomic E-state index is 0.302. The zero-order valence-electron chi connectivity index (χ0n) is 27.0. The third kappa shape index (κ3) is 7.20. The molecule has 2 N–H and O–H groups in total. The Morgan fingerprint density at radius 3 is 2.28 bits per heavy atom.